The first-order valence-electron chi connectivity index (χ1n) is 9.01. The number of carbonyl (C=O) groups is 1. The van der Waals surface area contributed by atoms with Crippen molar-refractivity contribution in [1.82, 2.24) is 19.9 Å². The van der Waals surface area contributed by atoms with E-state index in [1.165, 1.54) is 4.57 Å². The largest absolute Gasteiger partial charge is 0.361 e. The number of nitrogens with zero attached hydrogens (tertiary/aromatic N) is 2. The van der Waals surface area contributed by atoms with Crippen LogP contribution in [0.5, 0.6) is 0 Å². The van der Waals surface area contributed by atoms with Crippen LogP contribution in [-0.2, 0) is 17.8 Å². The fourth-order valence-corrected chi connectivity index (χ4v) is 3.54. The Labute approximate surface area is 166 Å². The third-order valence-electron chi connectivity index (χ3n) is 4.76. The van der Waals surface area contributed by atoms with Crippen molar-refractivity contribution in [3.8, 4) is 0 Å². The van der Waals surface area contributed by atoms with E-state index < -0.39 is 0 Å². The van der Waals surface area contributed by atoms with E-state index in [-0.39, 0.29) is 18.0 Å². The molecule has 1 amide bonds. The Morgan fingerprint density at radius 1 is 1.25 bits per heavy atom. The second kappa shape index (κ2) is 7.48. The highest BCUT2D eigenvalue weighted by atomic mass is 35.5. The van der Waals surface area contributed by atoms with E-state index in [0.29, 0.717) is 34.7 Å². The van der Waals surface area contributed by atoms with Crippen molar-refractivity contribution in [2.75, 3.05) is 6.54 Å². The standard InChI is InChI=1S/C21H19ClN4O2/c1-13-21(28)26(19-5-3-2-4-18(19)25-13)12-20(27)23-9-8-14-11-24-17-7-6-15(22)10-16(14)17/h2-7,10-11,24H,8-9,12H2,1H3,(H,23,27). The van der Waals surface area contributed by atoms with Gasteiger partial charge in [-0.2, -0.15) is 0 Å². The van der Waals surface area contributed by atoms with Crippen LogP contribution in [0, 0.1) is 6.92 Å². The summed E-state index contributed by atoms with van der Waals surface area (Å²) in [5.74, 6) is -0.212. The Hall–Kier alpha value is -3.12. The molecule has 142 valence electrons. The van der Waals surface area contributed by atoms with Gasteiger partial charge < -0.3 is 10.3 Å². The van der Waals surface area contributed by atoms with E-state index in [0.717, 1.165) is 16.5 Å². The van der Waals surface area contributed by atoms with Crippen molar-refractivity contribution in [2.45, 2.75) is 19.9 Å². The maximum atomic E-state index is 12.5. The number of para-hydroxylation sites is 2. The molecule has 0 saturated carbocycles. The minimum Gasteiger partial charge on any atom is -0.361 e. The molecule has 28 heavy (non-hydrogen) atoms. The lowest BCUT2D eigenvalue weighted by Crippen LogP contribution is -2.34. The number of aromatic nitrogens is 3. The second-order valence-electron chi connectivity index (χ2n) is 6.68. The van der Waals surface area contributed by atoms with E-state index in [1.54, 1.807) is 13.0 Å². The highest BCUT2D eigenvalue weighted by Gasteiger charge is 2.11. The molecule has 0 radical (unpaired) electrons. The molecule has 0 saturated heterocycles. The second-order valence-corrected chi connectivity index (χ2v) is 7.12. The third kappa shape index (κ3) is 3.51. The molecule has 7 heteroatoms. The monoisotopic (exact) mass is 394 g/mol. The maximum absolute atomic E-state index is 12.5. The highest BCUT2D eigenvalue weighted by molar-refractivity contribution is 6.31. The molecule has 6 nitrogen and oxygen atoms in total. The zero-order valence-electron chi connectivity index (χ0n) is 15.3. The third-order valence-corrected chi connectivity index (χ3v) is 5.00. The number of fused-ring (bicyclic) bond motifs is 2. The van der Waals surface area contributed by atoms with Gasteiger partial charge in [-0.3, -0.25) is 14.2 Å². The molecule has 0 aliphatic heterocycles. The summed E-state index contributed by atoms with van der Waals surface area (Å²) in [5, 5.41) is 4.62. The van der Waals surface area contributed by atoms with E-state index >= 15 is 0 Å². The number of hydrogen-bond acceptors (Lipinski definition) is 3. The zero-order chi connectivity index (χ0) is 19.7. The van der Waals surface area contributed by atoms with E-state index in [4.69, 9.17) is 11.6 Å². The van der Waals surface area contributed by atoms with Crippen molar-refractivity contribution in [2.24, 2.45) is 0 Å². The molecule has 2 heterocycles. The fraction of sp³-hybridized carbons (Fsp3) is 0.190. The SMILES string of the molecule is Cc1nc2ccccc2n(CC(=O)NCCc2c[nH]c3ccc(Cl)cc23)c1=O. The number of benzene rings is 2. The summed E-state index contributed by atoms with van der Waals surface area (Å²) in [4.78, 5) is 32.4. The van der Waals surface area contributed by atoms with Gasteiger partial charge >= 0.3 is 0 Å². The fourth-order valence-electron chi connectivity index (χ4n) is 3.37. The van der Waals surface area contributed by atoms with Crippen LogP contribution < -0.4 is 10.9 Å². The summed E-state index contributed by atoms with van der Waals surface area (Å²) in [5.41, 5.74) is 3.57. The van der Waals surface area contributed by atoms with E-state index in [2.05, 4.69) is 15.3 Å². The van der Waals surface area contributed by atoms with Gasteiger partial charge in [0.1, 0.15) is 12.2 Å². The number of H-pyrrole nitrogens is 1. The quantitative estimate of drug-likeness (QED) is 0.545. The summed E-state index contributed by atoms with van der Waals surface area (Å²) in [6.45, 7) is 2.09. The smallest absolute Gasteiger partial charge is 0.272 e. The van der Waals surface area contributed by atoms with Crippen LogP contribution in [0.2, 0.25) is 5.02 Å². The topological polar surface area (TPSA) is 79.8 Å². The van der Waals surface area contributed by atoms with Crippen LogP contribution in [0.1, 0.15) is 11.3 Å². The van der Waals surface area contributed by atoms with Gasteiger partial charge in [-0.25, -0.2) is 4.98 Å². The molecule has 0 bridgehead atoms. The number of aromatic amines is 1. The number of nitrogens with one attached hydrogen (secondary N) is 2. The lowest BCUT2D eigenvalue weighted by atomic mass is 10.1. The summed E-state index contributed by atoms with van der Waals surface area (Å²) in [7, 11) is 0. The molecule has 0 atom stereocenters. The predicted molar refractivity (Wildman–Crippen MR) is 111 cm³/mol. The number of amides is 1. The Kier molecular flexibility index (Phi) is 4.88. The van der Waals surface area contributed by atoms with Crippen molar-refractivity contribution in [3.05, 3.63) is 75.3 Å². The van der Waals surface area contributed by atoms with Crippen molar-refractivity contribution < 1.29 is 4.79 Å². The average Bonchev–Trinajstić information content (AvgIpc) is 3.07. The molecule has 0 aliphatic carbocycles. The molecular weight excluding hydrogens is 376 g/mol. The van der Waals surface area contributed by atoms with Gasteiger partial charge in [0.2, 0.25) is 5.91 Å². The van der Waals surface area contributed by atoms with Gasteiger partial charge in [0.25, 0.3) is 5.56 Å². The Bertz CT molecular complexity index is 1240. The number of halogens is 1. The molecule has 4 rings (SSSR count). The molecular formula is C21H19ClN4O2. The number of hydrogen-bond donors (Lipinski definition) is 2. The van der Waals surface area contributed by atoms with Crippen LogP contribution in [0.4, 0.5) is 0 Å². The van der Waals surface area contributed by atoms with Crippen LogP contribution in [0.15, 0.2) is 53.5 Å². The molecule has 0 unspecified atom stereocenters. The van der Waals surface area contributed by atoms with Crippen LogP contribution >= 0.6 is 11.6 Å². The van der Waals surface area contributed by atoms with Crippen LogP contribution in [0.3, 0.4) is 0 Å². The number of aryl methyl sites for hydroxylation is 1. The number of rotatable bonds is 5. The molecule has 4 aromatic rings. The first-order valence-corrected chi connectivity index (χ1v) is 9.39. The lowest BCUT2D eigenvalue weighted by Gasteiger charge is -2.11. The van der Waals surface area contributed by atoms with E-state index in [9.17, 15) is 9.59 Å². The maximum Gasteiger partial charge on any atom is 0.272 e. The van der Waals surface area contributed by atoms with Crippen LogP contribution in [-0.4, -0.2) is 27.0 Å². The molecule has 0 aliphatic rings. The van der Waals surface area contributed by atoms with Gasteiger partial charge in [0.05, 0.1) is 11.0 Å². The Morgan fingerprint density at radius 3 is 2.93 bits per heavy atom. The van der Waals surface area contributed by atoms with Gasteiger partial charge in [0.15, 0.2) is 0 Å². The molecule has 2 aromatic heterocycles. The zero-order valence-corrected chi connectivity index (χ0v) is 16.1. The van der Waals surface area contributed by atoms with Gasteiger partial charge in [-0.05, 0) is 49.2 Å². The Balaban J connectivity index is 1.47. The highest BCUT2D eigenvalue weighted by Crippen LogP contribution is 2.22. The van der Waals surface area contributed by atoms with Gasteiger partial charge in [-0.15, -0.1) is 0 Å². The van der Waals surface area contributed by atoms with E-state index in [1.807, 2.05) is 42.6 Å². The average molecular weight is 395 g/mol. The van der Waals surface area contributed by atoms with Crippen LogP contribution in [0.25, 0.3) is 21.9 Å². The summed E-state index contributed by atoms with van der Waals surface area (Å²) >= 11 is 6.08. The minimum absolute atomic E-state index is 0.0393. The first kappa shape index (κ1) is 18.3. The normalized spacial score (nSPS) is 11.2. The Morgan fingerprint density at radius 2 is 2.07 bits per heavy atom. The predicted octanol–water partition coefficient (Wildman–Crippen LogP) is 3.20. The van der Waals surface area contributed by atoms with Crippen molar-refractivity contribution in [1.29, 1.82) is 0 Å². The first-order chi connectivity index (χ1) is 13.5. The summed E-state index contributed by atoms with van der Waals surface area (Å²) in [6.07, 6.45) is 2.59. The lowest BCUT2D eigenvalue weighted by molar-refractivity contribution is -0.121. The van der Waals surface area contributed by atoms with Crippen molar-refractivity contribution >= 4 is 39.4 Å². The summed E-state index contributed by atoms with van der Waals surface area (Å²) < 4.78 is 1.47. The van der Waals surface area contributed by atoms with Crippen molar-refractivity contribution in [3.63, 3.8) is 0 Å². The number of carbonyl (C=O) groups excluding carboxylic acids is 1. The summed E-state index contributed by atoms with van der Waals surface area (Å²) in [6, 6.07) is 13.0. The molecule has 0 spiro atoms. The molecule has 2 aromatic carbocycles. The molecule has 0 fully saturated rings. The van der Waals surface area contributed by atoms with Gasteiger partial charge in [-0.1, -0.05) is 23.7 Å². The molecule has 2 N–H and O–H groups in total. The minimum atomic E-state index is -0.250. The van der Waals surface area contributed by atoms with Gasteiger partial charge in [0, 0.05) is 28.7 Å².